The van der Waals surface area contributed by atoms with E-state index in [9.17, 15) is 0 Å². The zero-order valence-corrected chi connectivity index (χ0v) is 8.62. The molecule has 2 heteroatoms. The fourth-order valence-electron chi connectivity index (χ4n) is 1.48. The maximum Gasteiger partial charge on any atom is 0.0597 e. The molecule has 13 heavy (non-hydrogen) atoms. The summed E-state index contributed by atoms with van der Waals surface area (Å²) in [5.41, 5.74) is 7.83. The lowest BCUT2D eigenvalue weighted by Crippen LogP contribution is -2.23. The largest absolute Gasteiger partial charge is 0.397 e. The third kappa shape index (κ3) is 2.65. The molecule has 0 spiro atoms. The highest BCUT2D eigenvalue weighted by molar-refractivity contribution is 5.66. The SMILES string of the molecule is CC(C)CN(C)c1ccccc1N. The van der Waals surface area contributed by atoms with Gasteiger partial charge in [-0.05, 0) is 18.1 Å². The number of nitrogens with two attached hydrogens (primary N) is 1. The van der Waals surface area contributed by atoms with Gasteiger partial charge >= 0.3 is 0 Å². The average Bonchev–Trinajstić information content (AvgIpc) is 2.03. The van der Waals surface area contributed by atoms with Crippen molar-refractivity contribution in [1.29, 1.82) is 0 Å². The smallest absolute Gasteiger partial charge is 0.0597 e. The minimum absolute atomic E-state index is 0.657. The summed E-state index contributed by atoms with van der Waals surface area (Å²) in [5.74, 6) is 0.657. The first-order chi connectivity index (χ1) is 6.11. The fraction of sp³-hybridized carbons (Fsp3) is 0.455. The van der Waals surface area contributed by atoms with Crippen LogP contribution >= 0.6 is 0 Å². The van der Waals surface area contributed by atoms with E-state index >= 15 is 0 Å². The van der Waals surface area contributed by atoms with Gasteiger partial charge in [-0.2, -0.15) is 0 Å². The van der Waals surface area contributed by atoms with E-state index in [4.69, 9.17) is 5.73 Å². The Hall–Kier alpha value is -1.18. The van der Waals surface area contributed by atoms with Crippen molar-refractivity contribution in [3.63, 3.8) is 0 Å². The highest BCUT2D eigenvalue weighted by atomic mass is 15.1. The second-order valence-corrected chi connectivity index (χ2v) is 3.83. The van der Waals surface area contributed by atoms with Crippen molar-refractivity contribution in [2.24, 2.45) is 5.92 Å². The highest BCUT2D eigenvalue weighted by Gasteiger charge is 2.05. The molecule has 0 saturated carbocycles. The summed E-state index contributed by atoms with van der Waals surface area (Å²) in [6, 6.07) is 7.97. The van der Waals surface area contributed by atoms with Crippen LogP contribution in [-0.2, 0) is 0 Å². The van der Waals surface area contributed by atoms with Gasteiger partial charge in [-0.15, -0.1) is 0 Å². The van der Waals surface area contributed by atoms with E-state index in [1.165, 1.54) is 0 Å². The van der Waals surface area contributed by atoms with Gasteiger partial charge in [0.15, 0.2) is 0 Å². The number of benzene rings is 1. The van der Waals surface area contributed by atoms with Gasteiger partial charge in [-0.1, -0.05) is 26.0 Å². The Morgan fingerprint density at radius 3 is 2.46 bits per heavy atom. The predicted octanol–water partition coefficient (Wildman–Crippen LogP) is 2.36. The van der Waals surface area contributed by atoms with E-state index < -0.39 is 0 Å². The van der Waals surface area contributed by atoms with Gasteiger partial charge in [0.25, 0.3) is 0 Å². The summed E-state index contributed by atoms with van der Waals surface area (Å²) in [6.45, 7) is 5.44. The third-order valence-corrected chi connectivity index (χ3v) is 1.99. The normalized spacial score (nSPS) is 10.5. The molecule has 0 aromatic heterocycles. The monoisotopic (exact) mass is 178 g/mol. The molecule has 0 aliphatic heterocycles. The summed E-state index contributed by atoms with van der Waals surface area (Å²) in [4.78, 5) is 2.19. The highest BCUT2D eigenvalue weighted by Crippen LogP contribution is 2.21. The number of hydrogen-bond donors (Lipinski definition) is 1. The minimum Gasteiger partial charge on any atom is -0.397 e. The van der Waals surface area contributed by atoms with E-state index in [0.29, 0.717) is 5.92 Å². The molecule has 0 aliphatic carbocycles. The second kappa shape index (κ2) is 4.17. The molecule has 0 unspecified atom stereocenters. The van der Waals surface area contributed by atoms with Gasteiger partial charge in [0.05, 0.1) is 11.4 Å². The van der Waals surface area contributed by atoms with Crippen molar-refractivity contribution >= 4 is 11.4 Å². The van der Waals surface area contributed by atoms with Crippen LogP contribution in [0.2, 0.25) is 0 Å². The predicted molar refractivity (Wildman–Crippen MR) is 59.0 cm³/mol. The molecular weight excluding hydrogens is 160 g/mol. The number of para-hydroxylation sites is 2. The van der Waals surface area contributed by atoms with Crippen molar-refractivity contribution in [2.45, 2.75) is 13.8 Å². The van der Waals surface area contributed by atoms with E-state index in [-0.39, 0.29) is 0 Å². The Kier molecular flexibility index (Phi) is 3.18. The lowest BCUT2D eigenvalue weighted by molar-refractivity contribution is 0.639. The molecule has 1 aromatic carbocycles. The van der Waals surface area contributed by atoms with Crippen molar-refractivity contribution in [3.8, 4) is 0 Å². The molecule has 0 atom stereocenters. The van der Waals surface area contributed by atoms with Crippen LogP contribution in [0.3, 0.4) is 0 Å². The fourth-order valence-corrected chi connectivity index (χ4v) is 1.48. The van der Waals surface area contributed by atoms with Crippen LogP contribution in [0.5, 0.6) is 0 Å². The molecule has 0 aliphatic rings. The van der Waals surface area contributed by atoms with Crippen LogP contribution in [0.4, 0.5) is 11.4 Å². The van der Waals surface area contributed by atoms with Crippen LogP contribution in [0, 0.1) is 5.92 Å². The second-order valence-electron chi connectivity index (χ2n) is 3.83. The molecule has 1 rings (SSSR count). The van der Waals surface area contributed by atoms with Gasteiger partial charge in [-0.3, -0.25) is 0 Å². The van der Waals surface area contributed by atoms with Gasteiger partial charge in [0.2, 0.25) is 0 Å². The Morgan fingerprint density at radius 1 is 1.31 bits per heavy atom. The van der Waals surface area contributed by atoms with Gasteiger partial charge in [0, 0.05) is 13.6 Å². The summed E-state index contributed by atoms with van der Waals surface area (Å²) in [5, 5.41) is 0. The molecule has 0 bridgehead atoms. The summed E-state index contributed by atoms with van der Waals surface area (Å²) >= 11 is 0. The topological polar surface area (TPSA) is 29.3 Å². The number of hydrogen-bond acceptors (Lipinski definition) is 2. The zero-order valence-electron chi connectivity index (χ0n) is 8.62. The first-order valence-electron chi connectivity index (χ1n) is 4.67. The molecule has 0 amide bonds. The Bertz CT molecular complexity index is 269. The molecule has 0 heterocycles. The van der Waals surface area contributed by atoms with Crippen molar-refractivity contribution in [1.82, 2.24) is 0 Å². The van der Waals surface area contributed by atoms with Crippen LogP contribution in [-0.4, -0.2) is 13.6 Å². The molecular formula is C11H18N2. The van der Waals surface area contributed by atoms with Crippen LogP contribution < -0.4 is 10.6 Å². The third-order valence-electron chi connectivity index (χ3n) is 1.99. The molecule has 2 nitrogen and oxygen atoms in total. The van der Waals surface area contributed by atoms with E-state index in [1.807, 2.05) is 18.2 Å². The number of nitrogen functional groups attached to an aromatic ring is 1. The quantitative estimate of drug-likeness (QED) is 0.720. The standard InChI is InChI=1S/C11H18N2/c1-9(2)8-13(3)11-7-5-4-6-10(11)12/h4-7,9H,8,12H2,1-3H3. The first-order valence-corrected chi connectivity index (χ1v) is 4.67. The maximum atomic E-state index is 5.86. The summed E-state index contributed by atoms with van der Waals surface area (Å²) in [7, 11) is 2.08. The molecule has 2 N–H and O–H groups in total. The number of nitrogens with zero attached hydrogens (tertiary/aromatic N) is 1. The van der Waals surface area contributed by atoms with E-state index in [1.54, 1.807) is 0 Å². The number of anilines is 2. The number of rotatable bonds is 3. The Morgan fingerprint density at radius 2 is 1.92 bits per heavy atom. The van der Waals surface area contributed by atoms with Crippen molar-refractivity contribution < 1.29 is 0 Å². The minimum atomic E-state index is 0.657. The summed E-state index contributed by atoms with van der Waals surface area (Å²) < 4.78 is 0. The summed E-state index contributed by atoms with van der Waals surface area (Å²) in [6.07, 6.45) is 0. The van der Waals surface area contributed by atoms with Crippen molar-refractivity contribution in [2.75, 3.05) is 24.2 Å². The first kappa shape index (κ1) is 9.90. The molecule has 72 valence electrons. The van der Waals surface area contributed by atoms with Gasteiger partial charge < -0.3 is 10.6 Å². The van der Waals surface area contributed by atoms with E-state index in [0.717, 1.165) is 17.9 Å². The zero-order chi connectivity index (χ0) is 9.84. The van der Waals surface area contributed by atoms with E-state index in [2.05, 4.69) is 31.9 Å². The van der Waals surface area contributed by atoms with Gasteiger partial charge in [0.1, 0.15) is 0 Å². The van der Waals surface area contributed by atoms with Gasteiger partial charge in [-0.25, -0.2) is 0 Å². The average molecular weight is 178 g/mol. The van der Waals surface area contributed by atoms with Crippen molar-refractivity contribution in [3.05, 3.63) is 24.3 Å². The maximum absolute atomic E-state index is 5.86. The Labute approximate surface area is 80.4 Å². The molecule has 0 saturated heterocycles. The molecule has 0 radical (unpaired) electrons. The van der Waals surface area contributed by atoms with Crippen LogP contribution in [0.25, 0.3) is 0 Å². The lowest BCUT2D eigenvalue weighted by Gasteiger charge is -2.22. The Balaban J connectivity index is 2.76. The van der Waals surface area contributed by atoms with Crippen LogP contribution in [0.1, 0.15) is 13.8 Å². The van der Waals surface area contributed by atoms with Crippen LogP contribution in [0.15, 0.2) is 24.3 Å². The molecule has 1 aromatic rings. The lowest BCUT2D eigenvalue weighted by atomic mass is 10.2. The molecule has 0 fully saturated rings.